The standard InChI is InChI=1S/C14H7Cl2NO3/c15-10-2-3-11(16)13(6-10)20-12-4-1-8(14(18)19)5-9(12)7-17/h1-6H,(H,18,19). The van der Waals surface area contributed by atoms with Crippen LogP contribution < -0.4 is 4.74 Å². The maximum atomic E-state index is 10.8. The first-order valence-corrected chi connectivity index (χ1v) is 6.17. The minimum Gasteiger partial charge on any atom is -0.478 e. The van der Waals surface area contributed by atoms with E-state index < -0.39 is 5.97 Å². The lowest BCUT2D eigenvalue weighted by Crippen LogP contribution is -1.98. The molecule has 2 aromatic carbocycles. The number of rotatable bonds is 3. The molecule has 0 atom stereocenters. The Labute approximate surface area is 124 Å². The molecule has 4 nitrogen and oxygen atoms in total. The van der Waals surface area contributed by atoms with Crippen molar-refractivity contribution in [3.63, 3.8) is 0 Å². The molecule has 0 radical (unpaired) electrons. The quantitative estimate of drug-likeness (QED) is 0.914. The Morgan fingerprint density at radius 2 is 1.90 bits per heavy atom. The van der Waals surface area contributed by atoms with E-state index in [0.29, 0.717) is 15.8 Å². The van der Waals surface area contributed by atoms with Crippen LogP contribution in [-0.2, 0) is 0 Å². The number of nitrogens with zero attached hydrogens (tertiary/aromatic N) is 1. The van der Waals surface area contributed by atoms with E-state index in [-0.39, 0.29) is 16.9 Å². The second-order valence-corrected chi connectivity index (χ2v) is 4.65. The third-order valence-corrected chi connectivity index (χ3v) is 3.01. The summed E-state index contributed by atoms with van der Waals surface area (Å²) >= 11 is 11.8. The number of hydrogen-bond donors (Lipinski definition) is 1. The molecule has 0 saturated heterocycles. The van der Waals surface area contributed by atoms with Gasteiger partial charge in [0.2, 0.25) is 0 Å². The molecule has 0 spiro atoms. The molecule has 0 saturated carbocycles. The molecule has 0 aliphatic rings. The zero-order valence-electron chi connectivity index (χ0n) is 9.93. The first-order chi connectivity index (χ1) is 9.51. The van der Waals surface area contributed by atoms with Gasteiger partial charge in [-0.3, -0.25) is 0 Å². The maximum Gasteiger partial charge on any atom is 0.335 e. The maximum absolute atomic E-state index is 10.8. The number of aromatic carboxylic acids is 1. The van der Waals surface area contributed by atoms with E-state index in [9.17, 15) is 4.79 Å². The fraction of sp³-hybridized carbons (Fsp3) is 0. The molecule has 100 valence electrons. The van der Waals surface area contributed by atoms with Gasteiger partial charge >= 0.3 is 5.97 Å². The number of halogens is 2. The van der Waals surface area contributed by atoms with Gasteiger partial charge in [0.25, 0.3) is 0 Å². The van der Waals surface area contributed by atoms with Crippen molar-refractivity contribution in [1.29, 1.82) is 5.26 Å². The van der Waals surface area contributed by atoms with Crippen LogP contribution in [0, 0.1) is 11.3 Å². The largest absolute Gasteiger partial charge is 0.478 e. The summed E-state index contributed by atoms with van der Waals surface area (Å²) in [4.78, 5) is 10.8. The highest BCUT2D eigenvalue weighted by Gasteiger charge is 2.11. The number of carboxylic acids is 1. The third-order valence-electron chi connectivity index (χ3n) is 2.46. The van der Waals surface area contributed by atoms with Gasteiger partial charge in [0.1, 0.15) is 17.6 Å². The van der Waals surface area contributed by atoms with E-state index in [2.05, 4.69) is 0 Å². The van der Waals surface area contributed by atoms with Crippen LogP contribution >= 0.6 is 23.2 Å². The Balaban J connectivity index is 2.41. The Morgan fingerprint density at radius 1 is 1.15 bits per heavy atom. The van der Waals surface area contributed by atoms with Crippen LogP contribution in [0.1, 0.15) is 15.9 Å². The van der Waals surface area contributed by atoms with Crippen LogP contribution in [0.2, 0.25) is 10.0 Å². The molecule has 0 fully saturated rings. The Bertz CT molecular complexity index is 723. The molecule has 6 heteroatoms. The second-order valence-electron chi connectivity index (χ2n) is 3.80. The number of hydrogen-bond acceptors (Lipinski definition) is 3. The molecule has 20 heavy (non-hydrogen) atoms. The minimum atomic E-state index is -1.12. The van der Waals surface area contributed by atoms with E-state index in [4.69, 9.17) is 38.3 Å². The van der Waals surface area contributed by atoms with Gasteiger partial charge in [-0.15, -0.1) is 0 Å². The number of carboxylic acid groups (broad SMARTS) is 1. The van der Waals surface area contributed by atoms with Crippen LogP contribution in [0.15, 0.2) is 36.4 Å². The van der Waals surface area contributed by atoms with Gasteiger partial charge in [-0.25, -0.2) is 4.79 Å². The summed E-state index contributed by atoms with van der Waals surface area (Å²) < 4.78 is 5.51. The molecule has 0 heterocycles. The summed E-state index contributed by atoms with van der Waals surface area (Å²) in [5, 5.41) is 18.7. The average molecular weight is 308 g/mol. The normalized spacial score (nSPS) is 9.85. The van der Waals surface area contributed by atoms with E-state index in [0.717, 1.165) is 0 Å². The van der Waals surface area contributed by atoms with Gasteiger partial charge in [-0.1, -0.05) is 23.2 Å². The Morgan fingerprint density at radius 3 is 2.55 bits per heavy atom. The molecular formula is C14H7Cl2NO3. The van der Waals surface area contributed by atoms with Crippen molar-refractivity contribution in [3.05, 3.63) is 57.6 Å². The Hall–Kier alpha value is -2.22. The fourth-order valence-electron chi connectivity index (χ4n) is 1.51. The molecule has 2 aromatic rings. The summed E-state index contributed by atoms with van der Waals surface area (Å²) in [6.07, 6.45) is 0. The summed E-state index contributed by atoms with van der Waals surface area (Å²) in [5.41, 5.74) is 0.104. The molecule has 0 amide bonds. The van der Waals surface area contributed by atoms with Gasteiger partial charge < -0.3 is 9.84 Å². The molecule has 0 aliphatic heterocycles. The molecule has 2 rings (SSSR count). The molecule has 0 aromatic heterocycles. The lowest BCUT2D eigenvalue weighted by atomic mass is 10.1. The lowest BCUT2D eigenvalue weighted by molar-refractivity contribution is 0.0697. The van der Waals surface area contributed by atoms with Crippen molar-refractivity contribution in [2.75, 3.05) is 0 Å². The van der Waals surface area contributed by atoms with Crippen LogP contribution in [0.25, 0.3) is 0 Å². The molecule has 1 N–H and O–H groups in total. The SMILES string of the molecule is N#Cc1cc(C(=O)O)ccc1Oc1cc(Cl)ccc1Cl. The molecule has 0 unspecified atom stereocenters. The number of benzene rings is 2. The molecular weight excluding hydrogens is 301 g/mol. The van der Waals surface area contributed by atoms with Crippen molar-refractivity contribution in [2.45, 2.75) is 0 Å². The van der Waals surface area contributed by atoms with Crippen molar-refractivity contribution in [2.24, 2.45) is 0 Å². The van der Waals surface area contributed by atoms with Crippen molar-refractivity contribution in [3.8, 4) is 17.6 Å². The van der Waals surface area contributed by atoms with E-state index >= 15 is 0 Å². The smallest absolute Gasteiger partial charge is 0.335 e. The highest BCUT2D eigenvalue weighted by Crippen LogP contribution is 2.33. The number of carbonyl (C=O) groups is 1. The molecule has 0 bridgehead atoms. The predicted octanol–water partition coefficient (Wildman–Crippen LogP) is 4.36. The van der Waals surface area contributed by atoms with Crippen LogP contribution in [-0.4, -0.2) is 11.1 Å². The van der Waals surface area contributed by atoms with E-state index in [1.54, 1.807) is 12.1 Å². The average Bonchev–Trinajstić information content (AvgIpc) is 2.43. The van der Waals surface area contributed by atoms with Gasteiger partial charge in [0.05, 0.1) is 16.1 Å². The van der Waals surface area contributed by atoms with Gasteiger partial charge in [0.15, 0.2) is 0 Å². The third kappa shape index (κ3) is 3.02. The summed E-state index contributed by atoms with van der Waals surface area (Å²) in [5.74, 6) is -0.616. The van der Waals surface area contributed by atoms with E-state index in [1.807, 2.05) is 6.07 Å². The monoisotopic (exact) mass is 307 g/mol. The van der Waals surface area contributed by atoms with Gasteiger partial charge in [0, 0.05) is 11.1 Å². The van der Waals surface area contributed by atoms with Crippen LogP contribution in [0.3, 0.4) is 0 Å². The topological polar surface area (TPSA) is 70.3 Å². The van der Waals surface area contributed by atoms with Crippen molar-refractivity contribution in [1.82, 2.24) is 0 Å². The van der Waals surface area contributed by atoms with Crippen molar-refractivity contribution < 1.29 is 14.6 Å². The zero-order chi connectivity index (χ0) is 14.7. The van der Waals surface area contributed by atoms with Crippen molar-refractivity contribution >= 4 is 29.2 Å². The number of ether oxygens (including phenoxy) is 1. The van der Waals surface area contributed by atoms with E-state index in [1.165, 1.54) is 24.3 Å². The second kappa shape index (κ2) is 5.83. The molecule has 0 aliphatic carbocycles. The minimum absolute atomic E-state index is 0.00564. The summed E-state index contributed by atoms with van der Waals surface area (Å²) in [6.45, 7) is 0. The zero-order valence-corrected chi connectivity index (χ0v) is 11.4. The van der Waals surface area contributed by atoms with Crippen LogP contribution in [0.4, 0.5) is 0 Å². The summed E-state index contributed by atoms with van der Waals surface area (Å²) in [6, 6.07) is 10.5. The Kier molecular flexibility index (Phi) is 4.14. The highest BCUT2D eigenvalue weighted by atomic mass is 35.5. The van der Waals surface area contributed by atoms with Gasteiger partial charge in [-0.05, 0) is 30.3 Å². The highest BCUT2D eigenvalue weighted by molar-refractivity contribution is 6.34. The predicted molar refractivity (Wildman–Crippen MR) is 74.7 cm³/mol. The fourth-order valence-corrected chi connectivity index (χ4v) is 1.83. The first-order valence-electron chi connectivity index (χ1n) is 5.41. The van der Waals surface area contributed by atoms with Crippen LogP contribution in [0.5, 0.6) is 11.5 Å². The lowest BCUT2D eigenvalue weighted by Gasteiger charge is -2.09. The number of nitriles is 1. The first kappa shape index (κ1) is 14.2. The van der Waals surface area contributed by atoms with Gasteiger partial charge in [-0.2, -0.15) is 5.26 Å². The summed E-state index contributed by atoms with van der Waals surface area (Å²) in [7, 11) is 0.